The third kappa shape index (κ3) is 2.79. The lowest BCUT2D eigenvalue weighted by Crippen LogP contribution is -2.00. The first-order chi connectivity index (χ1) is 9.56. The molecule has 0 amide bonds. The minimum Gasteiger partial charge on any atom is -0.497 e. The summed E-state index contributed by atoms with van der Waals surface area (Å²) in [6.07, 6.45) is 2.07. The summed E-state index contributed by atoms with van der Waals surface area (Å²) in [6, 6.07) is 7.97. The Labute approximate surface area is 120 Å². The van der Waals surface area contributed by atoms with Crippen molar-refractivity contribution in [1.29, 1.82) is 0 Å². The van der Waals surface area contributed by atoms with Crippen molar-refractivity contribution in [3.8, 4) is 16.9 Å². The highest BCUT2D eigenvalue weighted by molar-refractivity contribution is 5.77. The van der Waals surface area contributed by atoms with Gasteiger partial charge in [0.25, 0.3) is 0 Å². The first kappa shape index (κ1) is 14.4. The van der Waals surface area contributed by atoms with Gasteiger partial charge in [0, 0.05) is 12.6 Å². The first-order valence-electron chi connectivity index (χ1n) is 7.02. The molecule has 4 heteroatoms. The highest BCUT2D eigenvalue weighted by atomic mass is 16.5. The number of aromatic nitrogens is 2. The van der Waals surface area contributed by atoms with Gasteiger partial charge >= 0.3 is 0 Å². The first-order valence-corrected chi connectivity index (χ1v) is 7.02. The van der Waals surface area contributed by atoms with Crippen LogP contribution in [0.15, 0.2) is 24.3 Å². The number of nitrogens with two attached hydrogens (primary N) is 1. The Bertz CT molecular complexity index is 589. The van der Waals surface area contributed by atoms with E-state index in [1.165, 1.54) is 0 Å². The molecule has 0 fully saturated rings. The van der Waals surface area contributed by atoms with Crippen molar-refractivity contribution < 1.29 is 4.74 Å². The topological polar surface area (TPSA) is 53.1 Å². The van der Waals surface area contributed by atoms with E-state index < -0.39 is 0 Å². The van der Waals surface area contributed by atoms with Gasteiger partial charge in [0.2, 0.25) is 0 Å². The quantitative estimate of drug-likeness (QED) is 0.909. The van der Waals surface area contributed by atoms with Crippen LogP contribution in [0.5, 0.6) is 5.75 Å². The zero-order valence-electron chi connectivity index (χ0n) is 12.7. The lowest BCUT2D eigenvalue weighted by Gasteiger charge is -2.09. The average Bonchev–Trinajstić information content (AvgIpc) is 2.73. The maximum Gasteiger partial charge on any atom is 0.129 e. The second-order valence-corrected chi connectivity index (χ2v) is 5.28. The fourth-order valence-electron chi connectivity index (χ4n) is 2.30. The summed E-state index contributed by atoms with van der Waals surface area (Å²) in [5.74, 6) is 2.13. The second-order valence-electron chi connectivity index (χ2n) is 5.28. The van der Waals surface area contributed by atoms with Crippen molar-refractivity contribution >= 4 is 5.82 Å². The fourth-order valence-corrected chi connectivity index (χ4v) is 2.30. The molecule has 4 nitrogen and oxygen atoms in total. The molecular formula is C16H23N3O. The minimum atomic E-state index is 0.591. The number of aryl methyl sites for hydroxylation is 1. The lowest BCUT2D eigenvalue weighted by molar-refractivity contribution is 0.415. The van der Waals surface area contributed by atoms with Gasteiger partial charge in [-0.2, -0.15) is 5.10 Å². The second kappa shape index (κ2) is 5.99. The summed E-state index contributed by atoms with van der Waals surface area (Å²) in [5.41, 5.74) is 9.36. The van der Waals surface area contributed by atoms with Crippen LogP contribution in [-0.4, -0.2) is 16.9 Å². The monoisotopic (exact) mass is 273 g/mol. The number of rotatable bonds is 5. The van der Waals surface area contributed by atoms with Crippen LogP contribution in [-0.2, 0) is 13.5 Å². The summed E-state index contributed by atoms with van der Waals surface area (Å²) in [4.78, 5) is 0. The van der Waals surface area contributed by atoms with E-state index in [0.717, 1.165) is 35.4 Å². The molecule has 1 atom stereocenters. The van der Waals surface area contributed by atoms with Crippen LogP contribution in [0.4, 0.5) is 5.82 Å². The van der Waals surface area contributed by atoms with Crippen LogP contribution in [0.3, 0.4) is 0 Å². The normalized spacial score (nSPS) is 12.4. The Hall–Kier alpha value is -1.97. The van der Waals surface area contributed by atoms with Crippen molar-refractivity contribution in [2.24, 2.45) is 13.0 Å². The molecule has 2 N–H and O–H groups in total. The van der Waals surface area contributed by atoms with E-state index in [4.69, 9.17) is 10.5 Å². The number of nitrogen functional groups attached to an aromatic ring is 1. The van der Waals surface area contributed by atoms with Gasteiger partial charge in [0.15, 0.2) is 0 Å². The van der Waals surface area contributed by atoms with E-state index in [0.29, 0.717) is 11.7 Å². The molecule has 0 aliphatic carbocycles. The third-order valence-corrected chi connectivity index (χ3v) is 3.76. The van der Waals surface area contributed by atoms with Gasteiger partial charge in [-0.1, -0.05) is 32.4 Å². The zero-order chi connectivity index (χ0) is 14.7. The number of hydrogen-bond acceptors (Lipinski definition) is 3. The van der Waals surface area contributed by atoms with Gasteiger partial charge in [0.05, 0.1) is 12.8 Å². The van der Waals surface area contributed by atoms with Gasteiger partial charge in [-0.05, 0) is 30.0 Å². The number of hydrogen-bond donors (Lipinski definition) is 1. The van der Waals surface area contributed by atoms with Gasteiger partial charge in [-0.3, -0.25) is 4.68 Å². The Kier molecular flexibility index (Phi) is 4.32. The van der Waals surface area contributed by atoms with Crippen LogP contribution in [0.25, 0.3) is 11.1 Å². The molecule has 0 aliphatic heterocycles. The molecule has 1 aromatic carbocycles. The van der Waals surface area contributed by atoms with E-state index in [9.17, 15) is 0 Å². The Balaban J connectivity index is 2.48. The molecule has 0 aliphatic rings. The highest BCUT2D eigenvalue weighted by Gasteiger charge is 2.17. The van der Waals surface area contributed by atoms with Gasteiger partial charge < -0.3 is 10.5 Å². The van der Waals surface area contributed by atoms with E-state index in [-0.39, 0.29) is 0 Å². The Morgan fingerprint density at radius 3 is 2.80 bits per heavy atom. The van der Waals surface area contributed by atoms with Crippen molar-refractivity contribution in [2.75, 3.05) is 12.8 Å². The number of anilines is 1. The Morgan fingerprint density at radius 2 is 2.15 bits per heavy atom. The van der Waals surface area contributed by atoms with Crippen molar-refractivity contribution in [3.05, 3.63) is 30.0 Å². The number of nitrogens with zero attached hydrogens (tertiary/aromatic N) is 2. The van der Waals surface area contributed by atoms with Gasteiger partial charge in [-0.25, -0.2) is 0 Å². The summed E-state index contributed by atoms with van der Waals surface area (Å²) in [5, 5.41) is 4.58. The van der Waals surface area contributed by atoms with E-state index in [2.05, 4.69) is 25.0 Å². The molecule has 0 bridgehead atoms. The zero-order valence-corrected chi connectivity index (χ0v) is 12.7. The van der Waals surface area contributed by atoms with E-state index in [1.807, 2.05) is 25.2 Å². The van der Waals surface area contributed by atoms with Gasteiger partial charge in [0.1, 0.15) is 11.6 Å². The molecule has 0 saturated carbocycles. The van der Waals surface area contributed by atoms with Crippen LogP contribution < -0.4 is 10.5 Å². The fraction of sp³-hybridized carbons (Fsp3) is 0.438. The maximum atomic E-state index is 6.20. The molecule has 2 rings (SSSR count). The molecule has 0 saturated heterocycles. The van der Waals surface area contributed by atoms with Crippen LogP contribution >= 0.6 is 0 Å². The SMILES string of the molecule is CCC(C)Cc1nn(C)c(N)c1-c1cccc(OC)c1. The smallest absolute Gasteiger partial charge is 0.129 e. The maximum absolute atomic E-state index is 6.20. The summed E-state index contributed by atoms with van der Waals surface area (Å²) in [6.45, 7) is 4.43. The lowest BCUT2D eigenvalue weighted by atomic mass is 9.97. The van der Waals surface area contributed by atoms with Crippen LogP contribution in [0, 0.1) is 5.92 Å². The molecule has 1 heterocycles. The number of methoxy groups -OCH3 is 1. The number of ether oxygens (including phenoxy) is 1. The summed E-state index contributed by atoms with van der Waals surface area (Å²) < 4.78 is 7.05. The minimum absolute atomic E-state index is 0.591. The molecule has 1 unspecified atom stereocenters. The Morgan fingerprint density at radius 1 is 1.40 bits per heavy atom. The molecule has 20 heavy (non-hydrogen) atoms. The van der Waals surface area contributed by atoms with Gasteiger partial charge in [-0.15, -0.1) is 0 Å². The summed E-state index contributed by atoms with van der Waals surface area (Å²) >= 11 is 0. The molecule has 1 aromatic heterocycles. The molecule has 0 spiro atoms. The average molecular weight is 273 g/mol. The molecular weight excluding hydrogens is 250 g/mol. The molecule has 0 radical (unpaired) electrons. The summed E-state index contributed by atoms with van der Waals surface area (Å²) in [7, 11) is 3.56. The van der Waals surface area contributed by atoms with E-state index in [1.54, 1.807) is 11.8 Å². The molecule has 2 aromatic rings. The highest BCUT2D eigenvalue weighted by Crippen LogP contribution is 2.33. The largest absolute Gasteiger partial charge is 0.497 e. The third-order valence-electron chi connectivity index (χ3n) is 3.76. The van der Waals surface area contributed by atoms with Crippen LogP contribution in [0.2, 0.25) is 0 Å². The van der Waals surface area contributed by atoms with E-state index >= 15 is 0 Å². The number of benzene rings is 1. The predicted octanol–water partition coefficient (Wildman–Crippen LogP) is 3.27. The predicted molar refractivity (Wildman–Crippen MR) is 82.8 cm³/mol. The standard InChI is InChI=1S/C16H23N3O/c1-5-11(2)9-14-15(16(17)19(3)18-14)12-7-6-8-13(10-12)20-4/h6-8,10-11H,5,9,17H2,1-4H3. The van der Waals surface area contributed by atoms with Crippen molar-refractivity contribution in [2.45, 2.75) is 26.7 Å². The van der Waals surface area contributed by atoms with Crippen molar-refractivity contribution in [1.82, 2.24) is 9.78 Å². The van der Waals surface area contributed by atoms with Crippen molar-refractivity contribution in [3.63, 3.8) is 0 Å². The molecule has 108 valence electrons. The van der Waals surface area contributed by atoms with Crippen LogP contribution in [0.1, 0.15) is 26.0 Å².